The number of nitrogens with zero attached hydrogens (tertiary/aromatic N) is 7. The Kier molecular flexibility index (Phi) is 5.40. The molecule has 4 aromatic rings. The van der Waals surface area contributed by atoms with Gasteiger partial charge in [0.25, 0.3) is 0 Å². The minimum absolute atomic E-state index is 0.718. The number of aromatic nitrogens is 5. The zero-order valence-corrected chi connectivity index (χ0v) is 19.1. The number of fused-ring (bicyclic) bond motifs is 1. The van der Waals surface area contributed by atoms with Crippen LogP contribution < -0.4 is 4.90 Å². The highest BCUT2D eigenvalue weighted by Crippen LogP contribution is 2.29. The fraction of sp³-hybridized carbons (Fsp3) is 0.375. The zero-order valence-electron chi connectivity index (χ0n) is 19.1. The number of morpholine rings is 1. The lowest BCUT2D eigenvalue weighted by molar-refractivity contribution is 0.123. The number of rotatable bonds is 5. The Labute approximate surface area is 188 Å². The van der Waals surface area contributed by atoms with Crippen LogP contribution in [-0.2, 0) is 18.3 Å². The molecule has 0 amide bonds. The topological polar surface area (TPSA) is 64.2 Å². The summed E-state index contributed by atoms with van der Waals surface area (Å²) in [5, 5.41) is 4.84. The van der Waals surface area contributed by atoms with Gasteiger partial charge < -0.3 is 19.1 Å². The van der Waals surface area contributed by atoms with Crippen molar-refractivity contribution in [3.8, 4) is 17.1 Å². The molecule has 0 atom stereocenters. The molecule has 1 aliphatic heterocycles. The minimum Gasteiger partial charge on any atom is -0.378 e. The highest BCUT2D eigenvalue weighted by molar-refractivity contribution is 5.88. The number of imidazole rings is 1. The minimum atomic E-state index is 0.718. The molecule has 1 aromatic carbocycles. The number of anilines is 1. The summed E-state index contributed by atoms with van der Waals surface area (Å²) in [5.74, 6) is 1.78. The van der Waals surface area contributed by atoms with E-state index in [9.17, 15) is 0 Å². The van der Waals surface area contributed by atoms with E-state index in [1.165, 1.54) is 5.56 Å². The van der Waals surface area contributed by atoms with Gasteiger partial charge in [-0.05, 0) is 33.2 Å². The largest absolute Gasteiger partial charge is 0.378 e. The van der Waals surface area contributed by atoms with E-state index in [1.54, 1.807) is 0 Å². The van der Waals surface area contributed by atoms with Crippen LogP contribution in [0.4, 0.5) is 5.69 Å². The number of benzene rings is 1. The molecule has 32 heavy (non-hydrogen) atoms. The van der Waals surface area contributed by atoms with E-state index in [1.807, 2.05) is 24.0 Å². The van der Waals surface area contributed by atoms with Gasteiger partial charge in [-0.2, -0.15) is 5.10 Å². The number of ether oxygens (including phenoxy) is 1. The molecule has 4 heterocycles. The van der Waals surface area contributed by atoms with Crippen molar-refractivity contribution in [3.05, 3.63) is 54.0 Å². The second kappa shape index (κ2) is 8.37. The van der Waals surface area contributed by atoms with Gasteiger partial charge in [-0.3, -0.25) is 0 Å². The maximum atomic E-state index is 5.58. The molecule has 3 aromatic heterocycles. The summed E-state index contributed by atoms with van der Waals surface area (Å²) in [4.78, 5) is 14.4. The van der Waals surface area contributed by atoms with Crippen LogP contribution in [0.5, 0.6) is 0 Å². The summed E-state index contributed by atoms with van der Waals surface area (Å²) in [6.07, 6.45) is 1.98. The lowest BCUT2D eigenvalue weighted by atomic mass is 10.1. The van der Waals surface area contributed by atoms with Crippen LogP contribution in [0.1, 0.15) is 11.4 Å². The third-order valence-electron chi connectivity index (χ3n) is 5.83. The van der Waals surface area contributed by atoms with Crippen LogP contribution >= 0.6 is 0 Å². The molecular formula is C24H29N7O. The van der Waals surface area contributed by atoms with Crippen LogP contribution in [0.15, 0.2) is 42.6 Å². The van der Waals surface area contributed by atoms with Crippen molar-refractivity contribution >= 4 is 16.9 Å². The number of aryl methyl sites for hydroxylation is 2. The molecule has 166 valence electrons. The molecule has 0 bridgehead atoms. The lowest BCUT2D eigenvalue weighted by Gasteiger charge is -2.29. The molecule has 0 unspecified atom stereocenters. The van der Waals surface area contributed by atoms with Gasteiger partial charge in [-0.1, -0.05) is 23.8 Å². The van der Waals surface area contributed by atoms with Crippen molar-refractivity contribution in [2.75, 3.05) is 45.3 Å². The average Bonchev–Trinajstić information content (AvgIpc) is 3.39. The molecule has 8 nitrogen and oxygen atoms in total. The Balaban J connectivity index is 1.62. The Morgan fingerprint density at radius 2 is 1.88 bits per heavy atom. The van der Waals surface area contributed by atoms with Gasteiger partial charge in [0.15, 0.2) is 11.5 Å². The Bertz CT molecular complexity index is 1250. The summed E-state index contributed by atoms with van der Waals surface area (Å²) in [6, 6.07) is 12.5. The molecule has 5 rings (SSSR count). The second-order valence-corrected chi connectivity index (χ2v) is 8.61. The number of hydrogen-bond donors (Lipinski definition) is 0. The summed E-state index contributed by atoms with van der Waals surface area (Å²) in [5.41, 5.74) is 6.14. The molecule has 0 saturated carbocycles. The van der Waals surface area contributed by atoms with Crippen LogP contribution in [0.25, 0.3) is 28.2 Å². The SMILES string of the molecule is Cc1cccc(-c2ccn(-c3cc(N4CCOCC4)c4nc(CN(C)C)n(C)c4n3)n2)c1. The Morgan fingerprint density at radius 1 is 1.06 bits per heavy atom. The predicted molar refractivity (Wildman–Crippen MR) is 126 cm³/mol. The van der Waals surface area contributed by atoms with Gasteiger partial charge in [0.2, 0.25) is 0 Å². The lowest BCUT2D eigenvalue weighted by Crippen LogP contribution is -2.36. The fourth-order valence-corrected chi connectivity index (χ4v) is 4.16. The van der Waals surface area contributed by atoms with Gasteiger partial charge in [0.05, 0.1) is 31.1 Å². The highest BCUT2D eigenvalue weighted by atomic mass is 16.5. The molecule has 1 fully saturated rings. The smallest absolute Gasteiger partial charge is 0.164 e. The van der Waals surface area contributed by atoms with E-state index in [0.29, 0.717) is 0 Å². The first-order valence-electron chi connectivity index (χ1n) is 11.0. The van der Waals surface area contributed by atoms with E-state index in [-0.39, 0.29) is 0 Å². The van der Waals surface area contributed by atoms with Gasteiger partial charge in [-0.25, -0.2) is 14.6 Å². The molecular weight excluding hydrogens is 402 g/mol. The predicted octanol–water partition coefficient (Wildman–Crippen LogP) is 3.03. The Hall–Kier alpha value is -3.23. The Morgan fingerprint density at radius 3 is 2.62 bits per heavy atom. The summed E-state index contributed by atoms with van der Waals surface area (Å²) in [6.45, 7) is 5.96. The van der Waals surface area contributed by atoms with Crippen LogP contribution in [0, 0.1) is 6.92 Å². The molecule has 8 heteroatoms. The van der Waals surface area contributed by atoms with Crippen molar-refractivity contribution in [3.63, 3.8) is 0 Å². The standard InChI is InChI=1S/C24H29N7O/c1-17-6-5-7-18(14-17)19-8-9-31(27-19)21-15-20(30-10-12-32-13-11-30)23-24(26-21)29(4)22(25-23)16-28(2)3/h5-9,14-15H,10-13,16H2,1-4H3. The van der Waals surface area contributed by atoms with Gasteiger partial charge >= 0.3 is 0 Å². The van der Waals surface area contributed by atoms with Gasteiger partial charge in [-0.15, -0.1) is 0 Å². The van der Waals surface area contributed by atoms with Crippen LogP contribution in [0.2, 0.25) is 0 Å². The summed E-state index contributed by atoms with van der Waals surface area (Å²) in [7, 11) is 6.14. The zero-order chi connectivity index (χ0) is 22.2. The van der Waals surface area contributed by atoms with E-state index in [0.717, 1.165) is 72.6 Å². The summed E-state index contributed by atoms with van der Waals surface area (Å²) >= 11 is 0. The third kappa shape index (κ3) is 3.87. The van der Waals surface area contributed by atoms with Crippen LogP contribution in [0.3, 0.4) is 0 Å². The normalized spacial score (nSPS) is 14.6. The number of pyridine rings is 1. The fourth-order valence-electron chi connectivity index (χ4n) is 4.16. The first kappa shape index (κ1) is 20.7. The van der Waals surface area contributed by atoms with Gasteiger partial charge in [0.1, 0.15) is 11.3 Å². The maximum absolute atomic E-state index is 5.58. The molecule has 0 radical (unpaired) electrons. The molecule has 0 N–H and O–H groups in total. The molecule has 0 spiro atoms. The highest BCUT2D eigenvalue weighted by Gasteiger charge is 2.21. The van der Waals surface area contributed by atoms with E-state index in [4.69, 9.17) is 19.8 Å². The first-order chi connectivity index (χ1) is 15.5. The van der Waals surface area contributed by atoms with Gasteiger partial charge in [0, 0.05) is 38.0 Å². The quantitative estimate of drug-likeness (QED) is 0.484. The average molecular weight is 432 g/mol. The van der Waals surface area contributed by atoms with Crippen molar-refractivity contribution in [1.29, 1.82) is 0 Å². The van der Waals surface area contributed by atoms with Crippen molar-refractivity contribution in [2.45, 2.75) is 13.5 Å². The van der Waals surface area contributed by atoms with Crippen molar-refractivity contribution in [1.82, 2.24) is 29.2 Å². The molecule has 1 saturated heterocycles. The van der Waals surface area contributed by atoms with E-state index >= 15 is 0 Å². The monoisotopic (exact) mass is 431 g/mol. The summed E-state index contributed by atoms with van der Waals surface area (Å²) < 4.78 is 9.54. The van der Waals surface area contributed by atoms with Crippen molar-refractivity contribution in [2.24, 2.45) is 7.05 Å². The van der Waals surface area contributed by atoms with Crippen molar-refractivity contribution < 1.29 is 4.74 Å². The van der Waals surface area contributed by atoms with E-state index < -0.39 is 0 Å². The number of hydrogen-bond acceptors (Lipinski definition) is 6. The molecule has 0 aliphatic carbocycles. The second-order valence-electron chi connectivity index (χ2n) is 8.61. The maximum Gasteiger partial charge on any atom is 0.164 e. The molecule has 1 aliphatic rings. The third-order valence-corrected chi connectivity index (χ3v) is 5.83. The van der Waals surface area contributed by atoms with Crippen LogP contribution in [-0.4, -0.2) is 69.6 Å². The van der Waals surface area contributed by atoms with E-state index in [2.05, 4.69) is 65.7 Å². The first-order valence-corrected chi connectivity index (χ1v) is 11.0.